The standard InChI is InChI=1S/C26H24N8O4/c1-14-8-9-33-21(14)26(38)34(17-6-4-3-5-7-17)24(32-33)15(2)30-23-20(22(27)28-13-29-23)25(37)31-16-10-18(35)12-19(36)11-16/h3-13,15,35-36H,1-2H3,(H,31,37)(H3,27,28,29,30). The van der Waals surface area contributed by atoms with Crippen LogP contribution in [-0.2, 0) is 0 Å². The van der Waals surface area contributed by atoms with Crippen LogP contribution in [0.3, 0.4) is 0 Å². The highest BCUT2D eigenvalue weighted by atomic mass is 16.3. The van der Waals surface area contributed by atoms with Crippen LogP contribution < -0.4 is 21.9 Å². The highest BCUT2D eigenvalue weighted by Crippen LogP contribution is 2.27. The molecule has 0 aliphatic heterocycles. The first kappa shape index (κ1) is 24.3. The van der Waals surface area contributed by atoms with E-state index in [-0.39, 0.29) is 39.9 Å². The first-order chi connectivity index (χ1) is 18.2. The average molecular weight is 513 g/mol. The van der Waals surface area contributed by atoms with Gasteiger partial charge in [0.2, 0.25) is 0 Å². The Morgan fingerprint density at radius 1 is 1.05 bits per heavy atom. The number of aromatic hydroxyl groups is 2. The first-order valence-corrected chi connectivity index (χ1v) is 11.6. The van der Waals surface area contributed by atoms with Gasteiger partial charge >= 0.3 is 0 Å². The summed E-state index contributed by atoms with van der Waals surface area (Å²) in [5.74, 6) is -0.764. The number of anilines is 3. The molecule has 0 aliphatic carbocycles. The van der Waals surface area contributed by atoms with Gasteiger partial charge < -0.3 is 26.6 Å². The highest BCUT2D eigenvalue weighted by Gasteiger charge is 2.24. The molecule has 1 amide bonds. The van der Waals surface area contributed by atoms with E-state index in [9.17, 15) is 19.8 Å². The van der Waals surface area contributed by atoms with Gasteiger partial charge in [0, 0.05) is 30.1 Å². The van der Waals surface area contributed by atoms with Gasteiger partial charge in [0.15, 0.2) is 5.82 Å². The molecule has 0 saturated heterocycles. The molecule has 1 unspecified atom stereocenters. The molecular formula is C26H24N8O4. The van der Waals surface area contributed by atoms with Crippen LogP contribution in [0, 0.1) is 6.92 Å². The van der Waals surface area contributed by atoms with E-state index >= 15 is 0 Å². The Kier molecular flexibility index (Phi) is 6.13. The van der Waals surface area contributed by atoms with E-state index in [4.69, 9.17) is 10.8 Å². The number of aryl methyl sites for hydroxylation is 1. The largest absolute Gasteiger partial charge is 0.508 e. The van der Waals surface area contributed by atoms with Crippen LogP contribution in [0.15, 0.2) is 71.9 Å². The number of nitrogens with one attached hydrogen (secondary N) is 2. The summed E-state index contributed by atoms with van der Waals surface area (Å²) in [5, 5.41) is 29.9. The van der Waals surface area contributed by atoms with Crippen molar-refractivity contribution in [3.8, 4) is 17.2 Å². The number of fused-ring (bicyclic) bond motifs is 1. The molecule has 38 heavy (non-hydrogen) atoms. The number of hydrogen-bond acceptors (Lipinski definition) is 9. The van der Waals surface area contributed by atoms with Crippen LogP contribution >= 0.6 is 0 Å². The Morgan fingerprint density at radius 3 is 2.47 bits per heavy atom. The van der Waals surface area contributed by atoms with Crippen molar-refractivity contribution in [3.05, 3.63) is 94.4 Å². The molecule has 1 atom stereocenters. The molecule has 3 heterocycles. The number of nitrogens with two attached hydrogens (primary N) is 1. The zero-order valence-electron chi connectivity index (χ0n) is 20.5. The van der Waals surface area contributed by atoms with Crippen LogP contribution in [0.2, 0.25) is 0 Å². The summed E-state index contributed by atoms with van der Waals surface area (Å²) in [5.41, 5.74) is 7.74. The number of aromatic nitrogens is 5. The van der Waals surface area contributed by atoms with Gasteiger partial charge in [0.05, 0.1) is 11.7 Å². The maximum Gasteiger partial charge on any atom is 0.282 e. The monoisotopic (exact) mass is 512 g/mol. The van der Waals surface area contributed by atoms with Crippen LogP contribution in [0.5, 0.6) is 11.5 Å². The maximum absolute atomic E-state index is 13.6. The maximum atomic E-state index is 13.6. The van der Waals surface area contributed by atoms with Gasteiger partial charge in [0.25, 0.3) is 11.5 Å². The van der Waals surface area contributed by atoms with Gasteiger partial charge in [-0.2, -0.15) is 5.10 Å². The molecule has 0 radical (unpaired) electrons. The predicted octanol–water partition coefficient (Wildman–Crippen LogP) is 3.00. The number of para-hydroxylation sites is 1. The normalized spacial score (nSPS) is 11.8. The summed E-state index contributed by atoms with van der Waals surface area (Å²) in [4.78, 5) is 34.9. The molecule has 5 rings (SSSR count). The highest BCUT2D eigenvalue weighted by molar-refractivity contribution is 6.10. The molecule has 0 saturated carbocycles. The summed E-state index contributed by atoms with van der Waals surface area (Å²) >= 11 is 0. The van der Waals surface area contributed by atoms with E-state index < -0.39 is 11.9 Å². The van der Waals surface area contributed by atoms with Gasteiger partial charge in [-0.15, -0.1) is 0 Å². The van der Waals surface area contributed by atoms with Crippen molar-refractivity contribution < 1.29 is 15.0 Å². The van der Waals surface area contributed by atoms with Gasteiger partial charge in [-0.1, -0.05) is 18.2 Å². The van der Waals surface area contributed by atoms with Crippen LogP contribution in [0.4, 0.5) is 17.3 Å². The lowest BCUT2D eigenvalue weighted by molar-refractivity contribution is 0.102. The third-order valence-corrected chi connectivity index (χ3v) is 5.93. The summed E-state index contributed by atoms with van der Waals surface area (Å²) in [6.45, 7) is 3.62. The number of amides is 1. The van der Waals surface area contributed by atoms with Crippen LogP contribution in [0.25, 0.3) is 11.2 Å². The van der Waals surface area contributed by atoms with Crippen LogP contribution in [0.1, 0.15) is 34.7 Å². The lowest BCUT2D eigenvalue weighted by Crippen LogP contribution is -2.30. The molecule has 12 nitrogen and oxygen atoms in total. The molecular weight excluding hydrogens is 488 g/mol. The zero-order valence-corrected chi connectivity index (χ0v) is 20.5. The summed E-state index contributed by atoms with van der Waals surface area (Å²) in [7, 11) is 0. The fourth-order valence-corrected chi connectivity index (χ4v) is 4.20. The van der Waals surface area contributed by atoms with E-state index in [0.717, 1.165) is 11.6 Å². The van der Waals surface area contributed by atoms with E-state index in [0.29, 0.717) is 17.0 Å². The molecule has 192 valence electrons. The van der Waals surface area contributed by atoms with Crippen molar-refractivity contribution in [1.29, 1.82) is 0 Å². The minimum atomic E-state index is -0.673. The lowest BCUT2D eigenvalue weighted by Gasteiger charge is -2.21. The van der Waals surface area contributed by atoms with E-state index in [1.807, 2.05) is 31.2 Å². The van der Waals surface area contributed by atoms with Crippen molar-refractivity contribution in [1.82, 2.24) is 24.1 Å². The van der Waals surface area contributed by atoms with Gasteiger partial charge in [-0.25, -0.2) is 14.5 Å². The second-order valence-corrected chi connectivity index (χ2v) is 8.67. The van der Waals surface area contributed by atoms with Gasteiger partial charge in [0.1, 0.15) is 40.5 Å². The van der Waals surface area contributed by atoms with Crippen LogP contribution in [-0.4, -0.2) is 40.3 Å². The van der Waals surface area contributed by atoms with Crippen molar-refractivity contribution >= 4 is 28.7 Å². The van der Waals surface area contributed by atoms with E-state index in [1.54, 1.807) is 25.3 Å². The topological polar surface area (TPSA) is 173 Å². The number of benzene rings is 2. The molecule has 0 fully saturated rings. The number of phenolic OH excluding ortho intramolecular Hbond substituents is 2. The minimum Gasteiger partial charge on any atom is -0.508 e. The Hall–Kier alpha value is -5.39. The molecule has 2 aromatic carbocycles. The van der Waals surface area contributed by atoms with Gasteiger partial charge in [-0.05, 0) is 37.6 Å². The second kappa shape index (κ2) is 9.58. The minimum absolute atomic E-state index is 0.0614. The van der Waals surface area contributed by atoms with E-state index in [1.165, 1.54) is 27.5 Å². The molecule has 0 bridgehead atoms. The predicted molar refractivity (Wildman–Crippen MR) is 142 cm³/mol. The summed E-state index contributed by atoms with van der Waals surface area (Å²) in [6, 6.07) is 14.0. The smallest absolute Gasteiger partial charge is 0.282 e. The Bertz CT molecular complexity index is 1710. The average Bonchev–Trinajstić information content (AvgIpc) is 3.24. The first-order valence-electron chi connectivity index (χ1n) is 11.6. The van der Waals surface area contributed by atoms with E-state index in [2.05, 4.69) is 20.6 Å². The molecule has 6 N–H and O–H groups in total. The summed E-state index contributed by atoms with van der Waals surface area (Å²) in [6.07, 6.45) is 2.92. The molecule has 3 aromatic heterocycles. The number of phenols is 2. The Labute approximate surface area is 216 Å². The molecule has 0 aliphatic rings. The Balaban J connectivity index is 1.56. The Morgan fingerprint density at radius 2 is 1.76 bits per heavy atom. The quantitative estimate of drug-likeness (QED) is 0.229. The summed E-state index contributed by atoms with van der Waals surface area (Å²) < 4.78 is 3.04. The molecule has 0 spiro atoms. The number of hydrogen-bond donors (Lipinski definition) is 5. The van der Waals surface area contributed by atoms with Crippen molar-refractivity contribution in [2.75, 3.05) is 16.4 Å². The number of carbonyl (C=O) groups excluding carboxylic acids is 1. The third-order valence-electron chi connectivity index (χ3n) is 5.93. The fraction of sp³-hybridized carbons (Fsp3) is 0.115. The number of carbonyl (C=O) groups is 1. The van der Waals surface area contributed by atoms with Gasteiger partial charge in [-0.3, -0.25) is 14.2 Å². The molecule has 5 aromatic rings. The van der Waals surface area contributed by atoms with Crippen molar-refractivity contribution in [2.45, 2.75) is 19.9 Å². The number of rotatable bonds is 6. The lowest BCUT2D eigenvalue weighted by atomic mass is 10.2. The number of nitrogen functional groups attached to an aromatic ring is 1. The SMILES string of the molecule is Cc1ccn2nc(C(C)Nc3ncnc(N)c3C(=O)Nc3cc(O)cc(O)c3)n(-c3ccccc3)c(=O)c12. The third kappa shape index (κ3) is 4.46. The zero-order chi connectivity index (χ0) is 27.0. The number of nitrogens with zero attached hydrogens (tertiary/aromatic N) is 5. The van der Waals surface area contributed by atoms with Crippen molar-refractivity contribution in [3.63, 3.8) is 0 Å². The second-order valence-electron chi connectivity index (χ2n) is 8.67. The fourth-order valence-electron chi connectivity index (χ4n) is 4.20. The van der Waals surface area contributed by atoms with Crippen molar-refractivity contribution in [2.24, 2.45) is 0 Å². The molecule has 12 heteroatoms.